The van der Waals surface area contributed by atoms with Crippen molar-refractivity contribution in [2.45, 2.75) is 19.4 Å². The molecule has 1 heterocycles. The van der Waals surface area contributed by atoms with Crippen LogP contribution in [0.2, 0.25) is 0 Å². The van der Waals surface area contributed by atoms with Gasteiger partial charge in [0.15, 0.2) is 0 Å². The lowest BCUT2D eigenvalue weighted by Gasteiger charge is -2.17. The molecule has 4 amide bonds. The predicted molar refractivity (Wildman–Crippen MR) is 116 cm³/mol. The van der Waals surface area contributed by atoms with Crippen LogP contribution in [0.15, 0.2) is 54.6 Å². The number of hydrogen-bond acceptors (Lipinski definition) is 4. The Labute approximate surface area is 174 Å². The summed E-state index contributed by atoms with van der Waals surface area (Å²) in [6, 6.07) is 16.0. The van der Waals surface area contributed by atoms with E-state index in [1.807, 2.05) is 49.4 Å². The molecule has 1 saturated heterocycles. The monoisotopic (exact) mass is 412 g/mol. The second-order valence-corrected chi connectivity index (χ2v) is 7.75. The van der Waals surface area contributed by atoms with Crippen molar-refractivity contribution in [2.24, 2.45) is 0 Å². The Bertz CT molecular complexity index is 858. The normalized spacial score (nSPS) is 14.4. The molecule has 1 fully saturated rings. The summed E-state index contributed by atoms with van der Waals surface area (Å²) in [6.07, 6.45) is 0.288. The van der Waals surface area contributed by atoms with Crippen molar-refractivity contribution >= 4 is 40.3 Å². The van der Waals surface area contributed by atoms with Crippen molar-refractivity contribution in [3.63, 3.8) is 0 Å². The third kappa shape index (κ3) is 6.25. The fourth-order valence-corrected chi connectivity index (χ4v) is 3.78. The first-order valence-corrected chi connectivity index (χ1v) is 10.4. The number of amides is 4. The first-order valence-electron chi connectivity index (χ1n) is 9.45. The van der Waals surface area contributed by atoms with Gasteiger partial charge in [-0.3, -0.25) is 9.59 Å². The van der Waals surface area contributed by atoms with E-state index in [2.05, 4.69) is 16.0 Å². The van der Waals surface area contributed by atoms with Gasteiger partial charge in [0, 0.05) is 36.6 Å². The van der Waals surface area contributed by atoms with Gasteiger partial charge in [0.25, 0.3) is 5.24 Å². The molecule has 0 spiro atoms. The number of nitrogens with one attached hydrogen (secondary N) is 3. The van der Waals surface area contributed by atoms with Crippen molar-refractivity contribution in [3.05, 3.63) is 60.2 Å². The Hall–Kier alpha value is -3.00. The second-order valence-electron chi connectivity index (χ2n) is 6.71. The third-order valence-electron chi connectivity index (χ3n) is 4.53. The minimum atomic E-state index is -0.320. The Morgan fingerprint density at radius 3 is 2.31 bits per heavy atom. The number of anilines is 2. The molecule has 0 aromatic heterocycles. The van der Waals surface area contributed by atoms with E-state index >= 15 is 0 Å². The molecule has 152 valence electrons. The lowest BCUT2D eigenvalue weighted by Crippen LogP contribution is -2.32. The molecule has 0 aliphatic carbocycles. The zero-order valence-electron chi connectivity index (χ0n) is 16.2. The van der Waals surface area contributed by atoms with Gasteiger partial charge in [-0.15, -0.1) is 0 Å². The van der Waals surface area contributed by atoms with E-state index in [1.54, 1.807) is 17.0 Å². The molecule has 1 aliphatic rings. The van der Waals surface area contributed by atoms with Gasteiger partial charge in [0.05, 0.1) is 6.04 Å². The van der Waals surface area contributed by atoms with Crippen LogP contribution in [-0.4, -0.2) is 40.9 Å². The Balaban J connectivity index is 1.45. The van der Waals surface area contributed by atoms with E-state index in [0.717, 1.165) is 11.3 Å². The summed E-state index contributed by atoms with van der Waals surface area (Å²) < 4.78 is 0. The number of carbonyl (C=O) groups excluding carboxylic acids is 3. The zero-order valence-corrected chi connectivity index (χ0v) is 17.0. The molecule has 2 aromatic rings. The standard InChI is InChI=1S/C21H24N4O3S/c1-15(22-19(26)11-12-25-13-14-29-21(25)28)16-7-9-18(10-8-16)24-20(27)23-17-5-3-2-4-6-17/h2-10,15H,11-14H2,1H3,(H,22,26)(H2,23,24,27)/t15-/m0/s1. The SMILES string of the molecule is C[C@H](NC(=O)CCN1CCSC1=O)c1ccc(NC(=O)Nc2ccccc2)cc1. The largest absolute Gasteiger partial charge is 0.350 e. The van der Waals surface area contributed by atoms with Gasteiger partial charge in [-0.25, -0.2) is 4.79 Å². The maximum Gasteiger partial charge on any atom is 0.323 e. The van der Waals surface area contributed by atoms with Crippen LogP contribution in [0.3, 0.4) is 0 Å². The number of rotatable bonds is 7. The summed E-state index contributed by atoms with van der Waals surface area (Å²) in [7, 11) is 0. The van der Waals surface area contributed by atoms with Gasteiger partial charge in [0.2, 0.25) is 5.91 Å². The summed E-state index contributed by atoms with van der Waals surface area (Å²) in [5, 5.41) is 8.52. The van der Waals surface area contributed by atoms with Gasteiger partial charge in [-0.2, -0.15) is 0 Å². The molecular formula is C21H24N4O3S. The molecule has 2 aromatic carbocycles. The molecule has 29 heavy (non-hydrogen) atoms. The van der Waals surface area contributed by atoms with E-state index in [-0.39, 0.29) is 29.6 Å². The molecule has 3 N–H and O–H groups in total. The average Bonchev–Trinajstić information content (AvgIpc) is 3.12. The molecule has 3 rings (SSSR count). The molecule has 0 bridgehead atoms. The number of urea groups is 1. The second kappa shape index (κ2) is 9.97. The summed E-state index contributed by atoms with van der Waals surface area (Å²) >= 11 is 1.29. The van der Waals surface area contributed by atoms with Crippen LogP contribution < -0.4 is 16.0 Å². The number of para-hydroxylation sites is 1. The minimum Gasteiger partial charge on any atom is -0.350 e. The number of hydrogen-bond donors (Lipinski definition) is 3. The summed E-state index contributed by atoms with van der Waals surface area (Å²) in [4.78, 5) is 37.5. The van der Waals surface area contributed by atoms with Gasteiger partial charge in [-0.05, 0) is 36.8 Å². The highest BCUT2D eigenvalue weighted by Crippen LogP contribution is 2.18. The summed E-state index contributed by atoms with van der Waals surface area (Å²) in [5.74, 6) is 0.701. The van der Waals surface area contributed by atoms with Crippen molar-refractivity contribution in [2.75, 3.05) is 29.5 Å². The molecule has 7 nitrogen and oxygen atoms in total. The Kier molecular flexibility index (Phi) is 7.13. The molecule has 0 unspecified atom stereocenters. The van der Waals surface area contributed by atoms with Crippen LogP contribution in [0.5, 0.6) is 0 Å². The van der Waals surface area contributed by atoms with Crippen molar-refractivity contribution in [3.8, 4) is 0 Å². The lowest BCUT2D eigenvalue weighted by molar-refractivity contribution is -0.121. The van der Waals surface area contributed by atoms with E-state index in [0.29, 0.717) is 24.5 Å². The first kappa shape index (κ1) is 20.7. The molecule has 1 atom stereocenters. The number of thioether (sulfide) groups is 1. The maximum atomic E-state index is 12.2. The maximum absolute atomic E-state index is 12.2. The van der Waals surface area contributed by atoms with Crippen LogP contribution in [0.4, 0.5) is 21.0 Å². The summed E-state index contributed by atoms with van der Waals surface area (Å²) in [6.45, 7) is 3.06. The topological polar surface area (TPSA) is 90.5 Å². The van der Waals surface area contributed by atoms with Crippen molar-refractivity contribution < 1.29 is 14.4 Å². The van der Waals surface area contributed by atoms with Gasteiger partial charge in [-0.1, -0.05) is 42.1 Å². The predicted octanol–water partition coefficient (Wildman–Crippen LogP) is 4.07. The first-order chi connectivity index (χ1) is 14.0. The van der Waals surface area contributed by atoms with Crippen LogP contribution in [0.25, 0.3) is 0 Å². The highest BCUT2D eigenvalue weighted by atomic mass is 32.2. The Morgan fingerprint density at radius 2 is 1.69 bits per heavy atom. The van der Waals surface area contributed by atoms with Gasteiger partial charge >= 0.3 is 6.03 Å². The van der Waals surface area contributed by atoms with Gasteiger partial charge in [0.1, 0.15) is 0 Å². The highest BCUT2D eigenvalue weighted by Gasteiger charge is 2.21. The highest BCUT2D eigenvalue weighted by molar-refractivity contribution is 8.13. The number of benzene rings is 2. The summed E-state index contributed by atoms with van der Waals surface area (Å²) in [5.41, 5.74) is 2.30. The van der Waals surface area contributed by atoms with Crippen molar-refractivity contribution in [1.82, 2.24) is 10.2 Å². The zero-order chi connectivity index (χ0) is 20.6. The molecule has 1 aliphatic heterocycles. The fourth-order valence-electron chi connectivity index (χ4n) is 2.93. The van der Waals surface area contributed by atoms with Crippen LogP contribution >= 0.6 is 11.8 Å². The van der Waals surface area contributed by atoms with Gasteiger partial charge < -0.3 is 20.9 Å². The lowest BCUT2D eigenvalue weighted by atomic mass is 10.1. The average molecular weight is 413 g/mol. The third-order valence-corrected chi connectivity index (χ3v) is 5.42. The quantitative estimate of drug-likeness (QED) is 0.639. The van der Waals surface area contributed by atoms with Crippen molar-refractivity contribution in [1.29, 1.82) is 0 Å². The molecular weight excluding hydrogens is 388 g/mol. The van der Waals surface area contributed by atoms with E-state index in [1.165, 1.54) is 11.8 Å². The smallest absolute Gasteiger partial charge is 0.323 e. The van der Waals surface area contributed by atoms with E-state index in [4.69, 9.17) is 0 Å². The molecule has 0 saturated carbocycles. The molecule has 8 heteroatoms. The van der Waals surface area contributed by atoms with Crippen LogP contribution in [0, 0.1) is 0 Å². The Morgan fingerprint density at radius 1 is 1.03 bits per heavy atom. The van der Waals surface area contributed by atoms with Crippen LogP contribution in [0.1, 0.15) is 24.9 Å². The molecule has 0 radical (unpaired) electrons. The van der Waals surface area contributed by atoms with Crippen LogP contribution in [-0.2, 0) is 4.79 Å². The number of nitrogens with zero attached hydrogens (tertiary/aromatic N) is 1. The van der Waals surface area contributed by atoms with E-state index < -0.39 is 0 Å². The minimum absolute atomic E-state index is 0.0465. The van der Waals surface area contributed by atoms with E-state index in [9.17, 15) is 14.4 Å². The fraction of sp³-hybridized carbons (Fsp3) is 0.286. The number of carbonyl (C=O) groups is 3.